The zero-order valence-electron chi connectivity index (χ0n) is 17.8. The number of halogens is 3. The van der Waals surface area contributed by atoms with Gasteiger partial charge in [0.15, 0.2) is 11.6 Å². The Balaban J connectivity index is 0.00000126. The maximum Gasteiger partial charge on any atom is 0.227 e. The van der Waals surface area contributed by atoms with E-state index in [9.17, 15) is 13.2 Å². The Morgan fingerprint density at radius 3 is 2.39 bits per heavy atom. The van der Waals surface area contributed by atoms with Crippen LogP contribution in [0.5, 0.6) is 0 Å². The fourth-order valence-electron chi connectivity index (χ4n) is 3.22. The van der Waals surface area contributed by atoms with Crippen molar-refractivity contribution in [3.05, 3.63) is 90.5 Å². The highest BCUT2D eigenvalue weighted by molar-refractivity contribution is 5.90. The highest BCUT2D eigenvalue weighted by atomic mass is 19.2. The number of aromatic nitrogens is 5. The lowest BCUT2D eigenvalue weighted by molar-refractivity contribution is 0.509. The highest BCUT2D eigenvalue weighted by Gasteiger charge is 2.19. The third kappa shape index (κ3) is 4.52. The first-order valence-corrected chi connectivity index (χ1v) is 10.2. The normalized spacial score (nSPS) is 10.6. The van der Waals surface area contributed by atoms with E-state index in [1.54, 1.807) is 36.7 Å². The standard InChI is InChI=1S/C22H13F3N6.C2H6/c23-14-5-3-13(4-6-14)21-20(19-2-1-10-27-31(19)30-21)18-9-11-26-22(29-18)28-15-7-8-16(24)17(25)12-15;1-2/h1-12H,(H,26,28,29);1-2H3. The topological polar surface area (TPSA) is 68.0 Å². The van der Waals surface area contributed by atoms with Crippen LogP contribution in [0, 0.1) is 17.5 Å². The Bertz CT molecular complexity index is 1400. The number of hydrogen-bond acceptors (Lipinski definition) is 5. The van der Waals surface area contributed by atoms with Crippen LogP contribution < -0.4 is 5.32 Å². The molecule has 0 aliphatic carbocycles. The fourth-order valence-corrected chi connectivity index (χ4v) is 3.22. The first kappa shape index (κ1) is 21.9. The molecule has 33 heavy (non-hydrogen) atoms. The molecule has 0 aliphatic heterocycles. The lowest BCUT2D eigenvalue weighted by Gasteiger charge is -2.08. The van der Waals surface area contributed by atoms with Gasteiger partial charge < -0.3 is 5.32 Å². The number of rotatable bonds is 4. The SMILES string of the molecule is CC.Fc1ccc(-c2nn3ncccc3c2-c2ccnc(Nc3ccc(F)c(F)c3)n2)cc1. The lowest BCUT2D eigenvalue weighted by atomic mass is 10.0. The summed E-state index contributed by atoms with van der Waals surface area (Å²) in [7, 11) is 0. The summed E-state index contributed by atoms with van der Waals surface area (Å²) in [6.45, 7) is 4.00. The van der Waals surface area contributed by atoms with Crippen LogP contribution in [0.2, 0.25) is 0 Å². The number of benzene rings is 2. The molecule has 5 rings (SSSR count). The third-order valence-corrected chi connectivity index (χ3v) is 4.62. The molecular weight excluding hydrogens is 429 g/mol. The van der Waals surface area contributed by atoms with E-state index in [0.717, 1.165) is 12.1 Å². The van der Waals surface area contributed by atoms with Gasteiger partial charge in [-0.05, 0) is 54.6 Å². The van der Waals surface area contributed by atoms with E-state index in [4.69, 9.17) is 0 Å². The van der Waals surface area contributed by atoms with Crippen molar-refractivity contribution in [2.75, 3.05) is 5.32 Å². The van der Waals surface area contributed by atoms with Gasteiger partial charge in [0.05, 0.1) is 16.8 Å². The molecule has 0 aliphatic rings. The second-order valence-electron chi connectivity index (χ2n) is 6.65. The Morgan fingerprint density at radius 1 is 0.848 bits per heavy atom. The molecule has 9 heteroatoms. The van der Waals surface area contributed by atoms with E-state index in [-0.39, 0.29) is 11.8 Å². The summed E-state index contributed by atoms with van der Waals surface area (Å²) < 4.78 is 41.6. The van der Waals surface area contributed by atoms with Gasteiger partial charge in [-0.25, -0.2) is 23.1 Å². The van der Waals surface area contributed by atoms with E-state index in [2.05, 4.69) is 25.5 Å². The molecule has 5 aromatic rings. The van der Waals surface area contributed by atoms with Gasteiger partial charge in [-0.3, -0.25) is 0 Å². The molecule has 166 valence electrons. The molecule has 3 heterocycles. The zero-order chi connectivity index (χ0) is 23.4. The predicted octanol–water partition coefficient (Wildman–Crippen LogP) is 6.04. The Kier molecular flexibility index (Phi) is 6.30. The fraction of sp³-hybridized carbons (Fsp3) is 0.0833. The third-order valence-electron chi connectivity index (χ3n) is 4.62. The minimum atomic E-state index is -0.978. The average Bonchev–Trinajstić information content (AvgIpc) is 3.23. The van der Waals surface area contributed by atoms with Crippen LogP contribution in [0.25, 0.3) is 28.0 Å². The van der Waals surface area contributed by atoms with Crippen LogP contribution in [0.3, 0.4) is 0 Å². The predicted molar refractivity (Wildman–Crippen MR) is 120 cm³/mol. The van der Waals surface area contributed by atoms with Gasteiger partial charge in [-0.15, -0.1) is 5.10 Å². The molecule has 0 bridgehead atoms. The van der Waals surface area contributed by atoms with Crippen molar-refractivity contribution < 1.29 is 13.2 Å². The molecule has 6 nitrogen and oxygen atoms in total. The smallest absolute Gasteiger partial charge is 0.227 e. The van der Waals surface area contributed by atoms with Crippen molar-refractivity contribution in [3.63, 3.8) is 0 Å². The average molecular weight is 448 g/mol. The van der Waals surface area contributed by atoms with Gasteiger partial charge in [0.25, 0.3) is 0 Å². The van der Waals surface area contributed by atoms with Crippen LogP contribution >= 0.6 is 0 Å². The summed E-state index contributed by atoms with van der Waals surface area (Å²) in [5.41, 5.74) is 3.46. The van der Waals surface area contributed by atoms with Crippen LogP contribution in [-0.2, 0) is 0 Å². The van der Waals surface area contributed by atoms with Gasteiger partial charge in [0, 0.05) is 29.7 Å². The summed E-state index contributed by atoms with van der Waals surface area (Å²) in [6.07, 6.45) is 3.15. The van der Waals surface area contributed by atoms with Gasteiger partial charge >= 0.3 is 0 Å². The molecule has 0 spiro atoms. The number of hydrogen-bond donors (Lipinski definition) is 1. The Hall–Kier alpha value is -4.27. The largest absolute Gasteiger partial charge is 0.324 e. The molecule has 2 aromatic carbocycles. The van der Waals surface area contributed by atoms with E-state index >= 15 is 0 Å². The second-order valence-corrected chi connectivity index (χ2v) is 6.65. The summed E-state index contributed by atoms with van der Waals surface area (Å²) >= 11 is 0. The highest BCUT2D eigenvalue weighted by Crippen LogP contribution is 2.34. The summed E-state index contributed by atoms with van der Waals surface area (Å²) in [6, 6.07) is 14.7. The van der Waals surface area contributed by atoms with Gasteiger partial charge in [-0.2, -0.15) is 9.73 Å². The molecule has 0 atom stereocenters. The van der Waals surface area contributed by atoms with Crippen molar-refractivity contribution >= 4 is 17.2 Å². The van der Waals surface area contributed by atoms with Gasteiger partial charge in [0.1, 0.15) is 11.5 Å². The molecular formula is C24H19F3N6. The van der Waals surface area contributed by atoms with E-state index in [0.29, 0.717) is 33.7 Å². The van der Waals surface area contributed by atoms with E-state index < -0.39 is 11.6 Å². The molecule has 0 amide bonds. The van der Waals surface area contributed by atoms with Crippen molar-refractivity contribution in [1.29, 1.82) is 0 Å². The summed E-state index contributed by atoms with van der Waals surface area (Å²) in [5, 5.41) is 11.6. The van der Waals surface area contributed by atoms with Crippen molar-refractivity contribution in [1.82, 2.24) is 24.8 Å². The van der Waals surface area contributed by atoms with Crippen LogP contribution in [0.1, 0.15) is 13.8 Å². The maximum atomic E-state index is 13.5. The first-order chi connectivity index (χ1) is 16.1. The van der Waals surface area contributed by atoms with Crippen molar-refractivity contribution in [2.24, 2.45) is 0 Å². The van der Waals surface area contributed by atoms with Crippen molar-refractivity contribution in [3.8, 4) is 22.5 Å². The van der Waals surface area contributed by atoms with Crippen molar-refractivity contribution in [2.45, 2.75) is 13.8 Å². The molecule has 1 N–H and O–H groups in total. The van der Waals surface area contributed by atoms with Crippen LogP contribution in [-0.4, -0.2) is 24.8 Å². The van der Waals surface area contributed by atoms with Gasteiger partial charge in [0.2, 0.25) is 5.95 Å². The Labute approximate surface area is 187 Å². The summed E-state index contributed by atoms with van der Waals surface area (Å²) in [5.74, 6) is -2.08. The number of anilines is 2. The minimum Gasteiger partial charge on any atom is -0.324 e. The molecule has 0 saturated heterocycles. The lowest BCUT2D eigenvalue weighted by Crippen LogP contribution is -1.99. The molecule has 0 radical (unpaired) electrons. The van der Waals surface area contributed by atoms with Gasteiger partial charge in [-0.1, -0.05) is 13.8 Å². The number of fused-ring (bicyclic) bond motifs is 1. The maximum absolute atomic E-state index is 13.5. The monoisotopic (exact) mass is 448 g/mol. The Morgan fingerprint density at radius 2 is 1.64 bits per heavy atom. The molecule has 3 aromatic heterocycles. The molecule has 0 fully saturated rings. The van der Waals surface area contributed by atoms with Crippen LogP contribution in [0.15, 0.2) is 73.1 Å². The quantitative estimate of drug-likeness (QED) is 0.363. The number of nitrogens with zero attached hydrogens (tertiary/aromatic N) is 5. The second kappa shape index (κ2) is 9.47. The minimum absolute atomic E-state index is 0.191. The summed E-state index contributed by atoms with van der Waals surface area (Å²) in [4.78, 5) is 8.68. The number of nitrogens with one attached hydrogen (secondary N) is 1. The molecule has 0 unspecified atom stereocenters. The van der Waals surface area contributed by atoms with E-state index in [1.165, 1.54) is 22.8 Å². The first-order valence-electron chi connectivity index (χ1n) is 10.2. The van der Waals surface area contributed by atoms with Crippen LogP contribution in [0.4, 0.5) is 24.8 Å². The zero-order valence-corrected chi connectivity index (χ0v) is 17.8. The molecule has 0 saturated carbocycles. The van der Waals surface area contributed by atoms with E-state index in [1.807, 2.05) is 19.9 Å².